The summed E-state index contributed by atoms with van der Waals surface area (Å²) in [5.41, 5.74) is 0.938. The summed E-state index contributed by atoms with van der Waals surface area (Å²) in [7, 11) is 2.17. The molecule has 0 saturated carbocycles. The zero-order valence-electron chi connectivity index (χ0n) is 22.6. The van der Waals surface area contributed by atoms with Crippen LogP contribution in [0.1, 0.15) is 66.9 Å². The van der Waals surface area contributed by atoms with Crippen LogP contribution in [0.15, 0.2) is 24.4 Å². The van der Waals surface area contributed by atoms with Gasteiger partial charge in [-0.15, -0.1) is 0 Å². The summed E-state index contributed by atoms with van der Waals surface area (Å²) in [6.07, 6.45) is 3.39. The SMILES string of the molecule is CCN1C(=O)C(C)(C)Oc2cc(Nc3ncc(C#N)c(NC4CC(C)(C)N(C)C(C)(C)C4)n3)ccc21. The molecule has 0 radical (unpaired) electrons. The topological polar surface area (TPSA) is 106 Å². The minimum atomic E-state index is -0.945. The number of fused-ring (bicyclic) bond motifs is 1. The predicted octanol–water partition coefficient (Wildman–Crippen LogP) is 4.68. The van der Waals surface area contributed by atoms with Gasteiger partial charge < -0.3 is 20.3 Å². The minimum Gasteiger partial charge on any atom is -0.476 e. The summed E-state index contributed by atoms with van der Waals surface area (Å²) in [4.78, 5) is 25.9. The van der Waals surface area contributed by atoms with Gasteiger partial charge in [-0.2, -0.15) is 10.2 Å². The number of hydrogen-bond acceptors (Lipinski definition) is 8. The quantitative estimate of drug-likeness (QED) is 0.621. The van der Waals surface area contributed by atoms with Gasteiger partial charge >= 0.3 is 0 Å². The molecule has 2 N–H and O–H groups in total. The molecule has 36 heavy (non-hydrogen) atoms. The number of nitrogens with one attached hydrogen (secondary N) is 2. The summed E-state index contributed by atoms with van der Waals surface area (Å²) in [6, 6.07) is 7.95. The Balaban J connectivity index is 1.58. The van der Waals surface area contributed by atoms with Crippen molar-refractivity contribution in [3.8, 4) is 11.8 Å². The molecule has 0 atom stereocenters. The number of benzene rings is 1. The van der Waals surface area contributed by atoms with Crippen molar-refractivity contribution in [2.24, 2.45) is 0 Å². The second-order valence-corrected chi connectivity index (χ2v) is 11.5. The standard InChI is InChI=1S/C27H37N7O2/c1-9-34-20-11-10-18(12-21(20)36-27(6,7)23(34)35)31-24-29-16-17(15-28)22(32-24)30-19-13-25(2,3)33(8)26(4,5)14-19/h10-12,16,19H,9,13-14H2,1-8H3,(H2,29,30,31,32). The summed E-state index contributed by atoms with van der Waals surface area (Å²) in [6.45, 7) is 15.0. The lowest BCUT2D eigenvalue weighted by molar-refractivity contribution is -0.132. The van der Waals surface area contributed by atoms with Gasteiger partial charge in [-0.05, 0) is 80.5 Å². The number of carbonyl (C=O) groups is 1. The number of piperidine rings is 1. The van der Waals surface area contributed by atoms with Crippen LogP contribution in [0.4, 0.5) is 23.1 Å². The highest BCUT2D eigenvalue weighted by Gasteiger charge is 2.43. The first-order chi connectivity index (χ1) is 16.8. The third-order valence-corrected chi connectivity index (χ3v) is 7.51. The molecule has 2 aromatic rings. The fourth-order valence-corrected chi connectivity index (χ4v) is 5.39. The van der Waals surface area contributed by atoms with Gasteiger partial charge in [0.1, 0.15) is 23.2 Å². The molecule has 1 amide bonds. The van der Waals surface area contributed by atoms with E-state index < -0.39 is 5.60 Å². The van der Waals surface area contributed by atoms with Crippen LogP contribution in [0.5, 0.6) is 5.75 Å². The zero-order valence-corrected chi connectivity index (χ0v) is 22.6. The van der Waals surface area contributed by atoms with Gasteiger partial charge in [0, 0.05) is 35.4 Å². The average molecular weight is 492 g/mol. The number of amides is 1. The molecule has 3 heterocycles. The van der Waals surface area contributed by atoms with Crippen molar-refractivity contribution in [3.05, 3.63) is 30.0 Å². The normalized spacial score (nSPS) is 20.8. The average Bonchev–Trinajstić information content (AvgIpc) is 2.78. The molecular weight excluding hydrogens is 454 g/mol. The van der Waals surface area contributed by atoms with Crippen LogP contribution < -0.4 is 20.3 Å². The number of nitrogens with zero attached hydrogens (tertiary/aromatic N) is 5. The summed E-state index contributed by atoms with van der Waals surface area (Å²) < 4.78 is 6.02. The zero-order chi connectivity index (χ0) is 26.5. The first-order valence-corrected chi connectivity index (χ1v) is 12.5. The maximum atomic E-state index is 12.7. The second kappa shape index (κ2) is 8.93. The second-order valence-electron chi connectivity index (χ2n) is 11.5. The van der Waals surface area contributed by atoms with Crippen molar-refractivity contribution in [2.75, 3.05) is 29.1 Å². The largest absolute Gasteiger partial charge is 0.476 e. The van der Waals surface area contributed by atoms with Gasteiger partial charge in [0.05, 0.1) is 11.9 Å². The summed E-state index contributed by atoms with van der Waals surface area (Å²) >= 11 is 0. The third-order valence-electron chi connectivity index (χ3n) is 7.51. The van der Waals surface area contributed by atoms with E-state index in [0.717, 1.165) is 24.2 Å². The van der Waals surface area contributed by atoms with Crippen LogP contribution >= 0.6 is 0 Å². The highest BCUT2D eigenvalue weighted by Crippen LogP contribution is 2.40. The lowest BCUT2D eigenvalue weighted by Gasteiger charge is -2.53. The Kier molecular flexibility index (Phi) is 6.38. The monoisotopic (exact) mass is 491 g/mol. The Hall–Kier alpha value is -3.38. The summed E-state index contributed by atoms with van der Waals surface area (Å²) in [5, 5.41) is 16.4. The highest BCUT2D eigenvalue weighted by atomic mass is 16.5. The number of carbonyl (C=O) groups excluding carboxylic acids is 1. The fraction of sp³-hybridized carbons (Fsp3) is 0.556. The molecule has 1 aromatic carbocycles. The first-order valence-electron chi connectivity index (χ1n) is 12.5. The molecule has 0 bridgehead atoms. The van der Waals surface area contributed by atoms with Gasteiger partial charge in [0.15, 0.2) is 5.60 Å². The maximum Gasteiger partial charge on any atom is 0.270 e. The van der Waals surface area contributed by atoms with E-state index in [-0.39, 0.29) is 23.0 Å². The van der Waals surface area contributed by atoms with Crippen LogP contribution in [0.2, 0.25) is 0 Å². The van der Waals surface area contributed by atoms with E-state index in [1.807, 2.05) is 25.1 Å². The number of rotatable bonds is 5. The molecule has 4 rings (SSSR count). The smallest absolute Gasteiger partial charge is 0.270 e. The molecular formula is C27H37N7O2. The van der Waals surface area contributed by atoms with Gasteiger partial charge in [0.25, 0.3) is 5.91 Å². The Morgan fingerprint density at radius 3 is 2.44 bits per heavy atom. The molecule has 1 fully saturated rings. The molecule has 9 heteroatoms. The number of aromatic nitrogens is 2. The van der Waals surface area contributed by atoms with E-state index in [4.69, 9.17) is 4.74 Å². The molecule has 0 spiro atoms. The maximum absolute atomic E-state index is 12.7. The van der Waals surface area contributed by atoms with Crippen LogP contribution in [-0.4, -0.2) is 57.1 Å². The van der Waals surface area contributed by atoms with E-state index in [1.54, 1.807) is 24.9 Å². The van der Waals surface area contributed by atoms with Crippen molar-refractivity contribution in [3.63, 3.8) is 0 Å². The Bertz CT molecular complexity index is 1200. The van der Waals surface area contributed by atoms with Gasteiger partial charge in [0.2, 0.25) is 5.95 Å². The van der Waals surface area contributed by atoms with E-state index in [1.165, 1.54) is 0 Å². The molecule has 2 aliphatic heterocycles. The minimum absolute atomic E-state index is 0.00496. The Labute approximate surface area is 213 Å². The fourth-order valence-electron chi connectivity index (χ4n) is 5.39. The van der Waals surface area contributed by atoms with Gasteiger partial charge in [-0.1, -0.05) is 0 Å². The van der Waals surface area contributed by atoms with Crippen molar-refractivity contribution in [2.45, 2.75) is 84.0 Å². The van der Waals surface area contributed by atoms with Crippen LogP contribution in [0, 0.1) is 11.3 Å². The van der Waals surface area contributed by atoms with Crippen LogP contribution in [-0.2, 0) is 4.79 Å². The predicted molar refractivity (Wildman–Crippen MR) is 142 cm³/mol. The van der Waals surface area contributed by atoms with Crippen molar-refractivity contribution in [1.82, 2.24) is 14.9 Å². The lowest BCUT2D eigenvalue weighted by Crippen LogP contribution is -2.61. The number of ether oxygens (including phenoxy) is 1. The van der Waals surface area contributed by atoms with Crippen molar-refractivity contribution < 1.29 is 9.53 Å². The lowest BCUT2D eigenvalue weighted by atomic mass is 9.77. The van der Waals surface area contributed by atoms with Gasteiger partial charge in [-0.25, -0.2) is 4.98 Å². The number of likely N-dealkylation sites (tertiary alicyclic amines) is 1. The van der Waals surface area contributed by atoms with Crippen LogP contribution in [0.25, 0.3) is 0 Å². The third kappa shape index (κ3) is 4.70. The van der Waals surface area contributed by atoms with Crippen molar-refractivity contribution >= 4 is 29.0 Å². The number of hydrogen-bond donors (Lipinski definition) is 2. The van der Waals surface area contributed by atoms with Crippen molar-refractivity contribution in [1.29, 1.82) is 5.26 Å². The number of anilines is 4. The van der Waals surface area contributed by atoms with Crippen LogP contribution in [0.3, 0.4) is 0 Å². The number of nitriles is 1. The van der Waals surface area contributed by atoms with E-state index in [9.17, 15) is 10.1 Å². The Morgan fingerprint density at radius 1 is 1.17 bits per heavy atom. The number of likely N-dealkylation sites (N-methyl/N-ethyl adjacent to an activating group) is 1. The molecule has 2 aliphatic rings. The molecule has 0 aliphatic carbocycles. The molecule has 192 valence electrons. The highest BCUT2D eigenvalue weighted by molar-refractivity contribution is 6.02. The van der Waals surface area contributed by atoms with E-state index >= 15 is 0 Å². The summed E-state index contributed by atoms with van der Waals surface area (Å²) in [5.74, 6) is 1.45. The molecule has 1 aromatic heterocycles. The molecule has 0 unspecified atom stereocenters. The Morgan fingerprint density at radius 2 is 1.83 bits per heavy atom. The molecule has 1 saturated heterocycles. The van der Waals surface area contributed by atoms with E-state index in [0.29, 0.717) is 29.6 Å². The first kappa shape index (κ1) is 25.7. The van der Waals surface area contributed by atoms with E-state index in [2.05, 4.69) is 66.3 Å². The van der Waals surface area contributed by atoms with Gasteiger partial charge in [-0.3, -0.25) is 9.69 Å². The molecule has 9 nitrogen and oxygen atoms in total.